The van der Waals surface area contributed by atoms with Crippen LogP contribution in [0.25, 0.3) is 28.5 Å². The van der Waals surface area contributed by atoms with Gasteiger partial charge in [-0.25, -0.2) is 0 Å². The van der Waals surface area contributed by atoms with Gasteiger partial charge in [0.15, 0.2) is 0 Å². The molecule has 0 aliphatic heterocycles. The Bertz CT molecular complexity index is 939. The van der Waals surface area contributed by atoms with Gasteiger partial charge in [0.1, 0.15) is 0 Å². The zero-order chi connectivity index (χ0) is 17.8. The molecule has 1 heterocycles. The van der Waals surface area contributed by atoms with E-state index in [4.69, 9.17) is 5.73 Å². The van der Waals surface area contributed by atoms with Gasteiger partial charge in [-0.1, -0.05) is 43.0 Å². The van der Waals surface area contributed by atoms with Crippen LogP contribution in [-0.2, 0) is 6.42 Å². The van der Waals surface area contributed by atoms with Gasteiger partial charge in [-0.05, 0) is 59.9 Å². The van der Waals surface area contributed by atoms with E-state index < -0.39 is 0 Å². The number of anilines is 1. The number of nitrogen functional groups attached to an aromatic ring is 1. The SMILES string of the molecule is C=CCc1cc(-c2cccnc2-c2ccc(C=C)c(C)c2)ccc1N. The maximum Gasteiger partial charge on any atom is 0.0780 e. The molecular formula is C23H22N2. The van der Waals surface area contributed by atoms with Gasteiger partial charge in [-0.15, -0.1) is 6.58 Å². The van der Waals surface area contributed by atoms with Crippen molar-refractivity contribution in [2.24, 2.45) is 0 Å². The van der Waals surface area contributed by atoms with Gasteiger partial charge in [0.2, 0.25) is 0 Å². The van der Waals surface area contributed by atoms with E-state index in [1.165, 1.54) is 5.56 Å². The number of hydrogen-bond acceptors (Lipinski definition) is 2. The third kappa shape index (κ3) is 3.38. The van der Waals surface area contributed by atoms with E-state index in [1.54, 1.807) is 0 Å². The Balaban J connectivity index is 2.14. The van der Waals surface area contributed by atoms with Gasteiger partial charge in [-0.3, -0.25) is 4.98 Å². The summed E-state index contributed by atoms with van der Waals surface area (Å²) in [5.74, 6) is 0. The first kappa shape index (κ1) is 16.7. The van der Waals surface area contributed by atoms with Gasteiger partial charge < -0.3 is 5.73 Å². The van der Waals surface area contributed by atoms with Crippen molar-refractivity contribution in [3.63, 3.8) is 0 Å². The summed E-state index contributed by atoms with van der Waals surface area (Å²) in [5.41, 5.74) is 14.6. The molecule has 0 atom stereocenters. The molecular weight excluding hydrogens is 304 g/mol. The number of nitrogens with zero attached hydrogens (tertiary/aromatic N) is 1. The number of allylic oxidation sites excluding steroid dienone is 1. The lowest BCUT2D eigenvalue weighted by atomic mass is 9.95. The predicted octanol–water partition coefficient (Wildman–Crippen LogP) is 5.68. The molecule has 2 N–H and O–H groups in total. The summed E-state index contributed by atoms with van der Waals surface area (Å²) in [5, 5.41) is 0. The molecule has 1 aromatic heterocycles. The normalized spacial score (nSPS) is 10.4. The highest BCUT2D eigenvalue weighted by Gasteiger charge is 2.11. The molecule has 3 rings (SSSR count). The summed E-state index contributed by atoms with van der Waals surface area (Å²) in [6, 6.07) is 16.5. The molecule has 0 unspecified atom stereocenters. The minimum atomic E-state index is 0.752. The van der Waals surface area contributed by atoms with Crippen LogP contribution < -0.4 is 5.73 Å². The molecule has 0 saturated heterocycles. The Morgan fingerprint density at radius 2 is 1.84 bits per heavy atom. The third-order valence-electron chi connectivity index (χ3n) is 4.39. The molecule has 2 aromatic carbocycles. The fourth-order valence-corrected chi connectivity index (χ4v) is 3.03. The van der Waals surface area contributed by atoms with E-state index in [0.29, 0.717) is 0 Å². The lowest BCUT2D eigenvalue weighted by Gasteiger charge is -2.12. The fourth-order valence-electron chi connectivity index (χ4n) is 3.03. The van der Waals surface area contributed by atoms with E-state index in [1.807, 2.05) is 36.5 Å². The largest absolute Gasteiger partial charge is 0.398 e. The smallest absolute Gasteiger partial charge is 0.0780 e. The monoisotopic (exact) mass is 326 g/mol. The molecule has 0 bridgehead atoms. The minimum Gasteiger partial charge on any atom is -0.398 e. The molecule has 0 radical (unpaired) electrons. The molecule has 0 aliphatic rings. The van der Waals surface area contributed by atoms with E-state index in [-0.39, 0.29) is 0 Å². The van der Waals surface area contributed by atoms with E-state index >= 15 is 0 Å². The average molecular weight is 326 g/mol. The highest BCUT2D eigenvalue weighted by molar-refractivity contribution is 5.82. The minimum absolute atomic E-state index is 0.752. The molecule has 2 heteroatoms. The van der Waals surface area contributed by atoms with E-state index in [2.05, 4.69) is 55.4 Å². The van der Waals surface area contributed by atoms with E-state index in [0.717, 1.165) is 45.6 Å². The second-order valence-electron chi connectivity index (χ2n) is 6.08. The molecule has 0 aliphatic carbocycles. The van der Waals surface area contributed by atoms with Crippen molar-refractivity contribution in [3.8, 4) is 22.4 Å². The van der Waals surface area contributed by atoms with Gasteiger partial charge >= 0.3 is 0 Å². The van der Waals surface area contributed by atoms with Crippen LogP contribution in [0.3, 0.4) is 0 Å². The molecule has 0 fully saturated rings. The van der Waals surface area contributed by atoms with Gasteiger partial charge in [0.25, 0.3) is 0 Å². The van der Waals surface area contributed by atoms with Crippen molar-refractivity contribution in [2.75, 3.05) is 5.73 Å². The van der Waals surface area contributed by atoms with Crippen molar-refractivity contribution in [2.45, 2.75) is 13.3 Å². The molecule has 0 amide bonds. The van der Waals surface area contributed by atoms with Crippen LogP contribution in [0.2, 0.25) is 0 Å². The number of benzene rings is 2. The van der Waals surface area contributed by atoms with Crippen molar-refractivity contribution in [3.05, 3.63) is 90.7 Å². The van der Waals surface area contributed by atoms with Crippen LogP contribution in [-0.4, -0.2) is 4.98 Å². The Morgan fingerprint density at radius 3 is 2.56 bits per heavy atom. The lowest BCUT2D eigenvalue weighted by Crippen LogP contribution is -1.95. The molecule has 0 saturated carbocycles. The van der Waals surface area contributed by atoms with Crippen LogP contribution in [0.4, 0.5) is 5.69 Å². The number of aromatic nitrogens is 1. The van der Waals surface area contributed by atoms with Crippen LogP contribution in [0.15, 0.2) is 74.0 Å². The van der Waals surface area contributed by atoms with Gasteiger partial charge in [-0.2, -0.15) is 0 Å². The standard InChI is InChI=1S/C23H22N2/c1-4-7-19-15-18(11-12-22(19)24)21-8-6-13-25-23(21)20-10-9-17(5-2)16(3)14-20/h4-6,8-15H,1-2,7,24H2,3H3. The zero-order valence-electron chi connectivity index (χ0n) is 14.5. The average Bonchev–Trinajstić information content (AvgIpc) is 2.64. The Morgan fingerprint density at radius 1 is 1.04 bits per heavy atom. The summed E-state index contributed by atoms with van der Waals surface area (Å²) in [6.45, 7) is 9.77. The number of nitrogens with two attached hydrogens (primary N) is 1. The first-order valence-corrected chi connectivity index (χ1v) is 8.32. The number of rotatable bonds is 5. The highest BCUT2D eigenvalue weighted by atomic mass is 14.7. The molecule has 0 spiro atoms. The molecule has 25 heavy (non-hydrogen) atoms. The van der Waals surface area contributed by atoms with Gasteiger partial charge in [0, 0.05) is 23.0 Å². The van der Waals surface area contributed by atoms with Gasteiger partial charge in [0.05, 0.1) is 5.69 Å². The van der Waals surface area contributed by atoms with Crippen molar-refractivity contribution in [1.29, 1.82) is 0 Å². The number of pyridine rings is 1. The second kappa shape index (κ2) is 7.18. The zero-order valence-corrected chi connectivity index (χ0v) is 14.5. The summed E-state index contributed by atoms with van der Waals surface area (Å²) in [6.07, 6.45) is 6.33. The number of aryl methyl sites for hydroxylation is 1. The summed E-state index contributed by atoms with van der Waals surface area (Å²) < 4.78 is 0. The van der Waals surface area contributed by atoms with Crippen LogP contribution in [0, 0.1) is 6.92 Å². The molecule has 3 aromatic rings. The summed E-state index contributed by atoms with van der Waals surface area (Å²) in [7, 11) is 0. The Labute approximate surface area is 149 Å². The van der Waals surface area contributed by atoms with Crippen molar-refractivity contribution >= 4 is 11.8 Å². The quantitative estimate of drug-likeness (QED) is 0.484. The Kier molecular flexibility index (Phi) is 4.80. The highest BCUT2D eigenvalue weighted by Crippen LogP contribution is 2.33. The van der Waals surface area contributed by atoms with E-state index in [9.17, 15) is 0 Å². The third-order valence-corrected chi connectivity index (χ3v) is 4.39. The predicted molar refractivity (Wildman–Crippen MR) is 108 cm³/mol. The first-order valence-electron chi connectivity index (χ1n) is 8.32. The lowest BCUT2D eigenvalue weighted by molar-refractivity contribution is 1.27. The first-order chi connectivity index (χ1) is 12.1. The van der Waals surface area contributed by atoms with Crippen LogP contribution in [0.5, 0.6) is 0 Å². The fraction of sp³-hybridized carbons (Fsp3) is 0.0870. The van der Waals surface area contributed by atoms with Crippen LogP contribution >= 0.6 is 0 Å². The number of hydrogen-bond donors (Lipinski definition) is 1. The summed E-state index contributed by atoms with van der Waals surface area (Å²) >= 11 is 0. The Hall–Kier alpha value is -3.13. The second-order valence-corrected chi connectivity index (χ2v) is 6.08. The van der Waals surface area contributed by atoms with Crippen molar-refractivity contribution < 1.29 is 0 Å². The topological polar surface area (TPSA) is 38.9 Å². The van der Waals surface area contributed by atoms with Crippen LogP contribution in [0.1, 0.15) is 16.7 Å². The molecule has 2 nitrogen and oxygen atoms in total. The van der Waals surface area contributed by atoms with Crippen molar-refractivity contribution in [1.82, 2.24) is 4.98 Å². The summed E-state index contributed by atoms with van der Waals surface area (Å²) in [4.78, 5) is 4.64. The maximum atomic E-state index is 6.08. The maximum absolute atomic E-state index is 6.08. The molecule has 124 valence electrons.